The van der Waals surface area contributed by atoms with Gasteiger partial charge >= 0.3 is 0 Å². The van der Waals surface area contributed by atoms with Crippen molar-refractivity contribution < 1.29 is 9.53 Å². The molecule has 1 saturated heterocycles. The van der Waals surface area contributed by atoms with Crippen molar-refractivity contribution in [2.75, 3.05) is 19.0 Å². The van der Waals surface area contributed by atoms with E-state index in [1.54, 1.807) is 11.1 Å². The van der Waals surface area contributed by atoms with Crippen molar-refractivity contribution in [3.8, 4) is 0 Å². The van der Waals surface area contributed by atoms with E-state index in [0.717, 1.165) is 19.4 Å². The molecule has 6 atom stereocenters. The quantitative estimate of drug-likeness (QED) is 0.587. The summed E-state index contributed by atoms with van der Waals surface area (Å²) in [6.45, 7) is 5.97. The average Bonchev–Trinajstić information content (AvgIpc) is 3.39. The molecule has 0 amide bonds. The Hall–Kier alpha value is -1.87. The third kappa shape index (κ3) is 2.79. The molecule has 0 radical (unpaired) electrons. The first-order valence-corrected chi connectivity index (χ1v) is 12.8. The van der Waals surface area contributed by atoms with Gasteiger partial charge in [0.25, 0.3) is 0 Å². The van der Waals surface area contributed by atoms with E-state index in [2.05, 4.69) is 43.4 Å². The molecule has 3 heteroatoms. The van der Waals surface area contributed by atoms with E-state index in [9.17, 15) is 4.79 Å². The minimum atomic E-state index is 0.0788. The molecule has 1 heterocycles. The molecule has 3 unspecified atom stereocenters. The normalized spacial score (nSPS) is 40.7. The number of carbonyl (C=O) groups excluding carboxylic acids is 1. The van der Waals surface area contributed by atoms with Crippen LogP contribution in [0.5, 0.6) is 0 Å². The van der Waals surface area contributed by atoms with Crippen molar-refractivity contribution in [1.82, 2.24) is 0 Å². The Kier molecular flexibility index (Phi) is 4.74. The number of carbonyl (C=O) groups is 1. The van der Waals surface area contributed by atoms with Crippen molar-refractivity contribution in [2.45, 2.75) is 76.7 Å². The zero-order valence-electron chi connectivity index (χ0n) is 19.9. The van der Waals surface area contributed by atoms with Crippen LogP contribution in [0.4, 0.5) is 5.69 Å². The number of fused-ring (bicyclic) bond motifs is 5. The summed E-state index contributed by atoms with van der Waals surface area (Å²) in [4.78, 5) is 12.3. The highest BCUT2D eigenvalue weighted by Gasteiger charge is 2.65. The van der Waals surface area contributed by atoms with Crippen LogP contribution < -0.4 is 5.32 Å². The molecule has 32 heavy (non-hydrogen) atoms. The summed E-state index contributed by atoms with van der Waals surface area (Å²) in [5.41, 5.74) is 7.51. The molecule has 1 aromatic rings. The summed E-state index contributed by atoms with van der Waals surface area (Å²) in [6.07, 6.45) is 10.8. The minimum absolute atomic E-state index is 0.0788. The molecular weight excluding hydrogens is 394 g/mol. The highest BCUT2D eigenvalue weighted by Crippen LogP contribution is 2.70. The minimum Gasteiger partial charge on any atom is -0.388 e. The summed E-state index contributed by atoms with van der Waals surface area (Å²) < 4.78 is 6.65. The molecule has 1 aromatic carbocycles. The van der Waals surface area contributed by atoms with E-state index >= 15 is 0 Å². The maximum absolute atomic E-state index is 12.3. The van der Waals surface area contributed by atoms with E-state index in [4.69, 9.17) is 4.74 Å². The summed E-state index contributed by atoms with van der Waals surface area (Å²) >= 11 is 0. The Morgan fingerprint density at radius 3 is 2.66 bits per heavy atom. The van der Waals surface area contributed by atoms with Crippen LogP contribution in [0.15, 0.2) is 47.1 Å². The van der Waals surface area contributed by atoms with Gasteiger partial charge in [0.05, 0.1) is 5.60 Å². The highest BCUT2D eigenvalue weighted by atomic mass is 16.5. The lowest BCUT2D eigenvalue weighted by Crippen LogP contribution is -2.52. The first-order valence-electron chi connectivity index (χ1n) is 12.8. The molecule has 2 saturated carbocycles. The number of ether oxygens (including phenoxy) is 1. The largest absolute Gasteiger partial charge is 0.388 e. The molecule has 0 bridgehead atoms. The van der Waals surface area contributed by atoms with Gasteiger partial charge < -0.3 is 10.1 Å². The molecule has 1 aliphatic heterocycles. The van der Waals surface area contributed by atoms with Crippen LogP contribution in [0.2, 0.25) is 0 Å². The fourth-order valence-corrected chi connectivity index (χ4v) is 8.61. The molecule has 3 fully saturated rings. The highest BCUT2D eigenvalue weighted by molar-refractivity contribution is 5.93. The lowest BCUT2D eigenvalue weighted by atomic mass is 9.49. The Bertz CT molecular complexity index is 996. The molecule has 1 spiro atoms. The van der Waals surface area contributed by atoms with Gasteiger partial charge in [-0.2, -0.15) is 0 Å². The maximum atomic E-state index is 12.3. The van der Waals surface area contributed by atoms with Gasteiger partial charge in [-0.3, -0.25) is 4.79 Å². The summed E-state index contributed by atoms with van der Waals surface area (Å²) in [5, 5.41) is 3.28. The second kappa shape index (κ2) is 7.32. The number of hydrogen-bond acceptors (Lipinski definition) is 3. The smallest absolute Gasteiger partial charge is 0.156 e. The maximum Gasteiger partial charge on any atom is 0.156 e. The molecule has 6 rings (SSSR count). The van der Waals surface area contributed by atoms with Crippen molar-refractivity contribution in [2.24, 2.45) is 23.2 Å². The molecule has 0 aromatic heterocycles. The molecule has 1 N–H and O–H groups in total. The van der Waals surface area contributed by atoms with Gasteiger partial charge in [0.1, 0.15) is 0 Å². The summed E-state index contributed by atoms with van der Waals surface area (Å²) in [5.74, 6) is 2.66. The number of hydrogen-bond donors (Lipinski definition) is 1. The number of nitrogens with one attached hydrogen (secondary N) is 1. The Morgan fingerprint density at radius 1 is 1.12 bits per heavy atom. The zero-order valence-corrected chi connectivity index (χ0v) is 19.9. The van der Waals surface area contributed by atoms with Gasteiger partial charge in [-0.05, 0) is 97.6 Å². The third-order valence-electron chi connectivity index (χ3n) is 10.1. The SMILES string of the molecule is CNc1ccc(C2C[C@@]3(C)C(CC[C@@]34CCCO4)C3C2=C2CCC(=O)C=C2C[C@@H]3C)cc1. The fraction of sp³-hybridized carbons (Fsp3) is 0.621. The monoisotopic (exact) mass is 431 g/mol. The summed E-state index contributed by atoms with van der Waals surface area (Å²) in [6, 6.07) is 9.15. The van der Waals surface area contributed by atoms with Crippen LogP contribution in [0.1, 0.15) is 76.7 Å². The summed E-state index contributed by atoms with van der Waals surface area (Å²) in [7, 11) is 1.99. The Morgan fingerprint density at radius 2 is 1.94 bits per heavy atom. The van der Waals surface area contributed by atoms with E-state index in [1.165, 1.54) is 48.9 Å². The zero-order chi connectivity index (χ0) is 22.1. The molecule has 5 aliphatic rings. The van der Waals surface area contributed by atoms with Crippen molar-refractivity contribution in [3.05, 3.63) is 52.6 Å². The number of anilines is 1. The van der Waals surface area contributed by atoms with E-state index in [0.29, 0.717) is 35.9 Å². The predicted octanol–water partition coefficient (Wildman–Crippen LogP) is 6.42. The first kappa shape index (κ1) is 20.7. The van der Waals surface area contributed by atoms with E-state index < -0.39 is 0 Å². The van der Waals surface area contributed by atoms with Crippen molar-refractivity contribution in [3.63, 3.8) is 0 Å². The number of rotatable bonds is 2. The van der Waals surface area contributed by atoms with E-state index in [1.807, 2.05) is 13.1 Å². The van der Waals surface area contributed by atoms with Crippen molar-refractivity contribution in [1.29, 1.82) is 0 Å². The topological polar surface area (TPSA) is 38.3 Å². The lowest BCUT2D eigenvalue weighted by Gasteiger charge is -2.56. The Labute approximate surface area is 192 Å². The van der Waals surface area contributed by atoms with Crippen LogP contribution in [-0.4, -0.2) is 25.0 Å². The van der Waals surface area contributed by atoms with Gasteiger partial charge in [0.2, 0.25) is 0 Å². The van der Waals surface area contributed by atoms with Crippen molar-refractivity contribution >= 4 is 11.5 Å². The van der Waals surface area contributed by atoms with Gasteiger partial charge in [0, 0.05) is 37.1 Å². The van der Waals surface area contributed by atoms with Crippen LogP contribution in [-0.2, 0) is 9.53 Å². The van der Waals surface area contributed by atoms with Gasteiger partial charge in [0.15, 0.2) is 5.78 Å². The number of benzene rings is 1. The van der Waals surface area contributed by atoms with Crippen LogP contribution in [0.3, 0.4) is 0 Å². The predicted molar refractivity (Wildman–Crippen MR) is 129 cm³/mol. The standard InChI is InChI=1S/C29H37NO2/c1-18-15-20-16-22(31)9-10-23(20)27-24(19-5-7-21(30-3)8-6-19)17-28(2)25(26(18)27)11-13-29(28)12-4-14-32-29/h5-8,16,18,24-26,30H,4,9-15,17H2,1-3H3/t18-,24?,25?,26?,28-,29-/m0/s1. The van der Waals surface area contributed by atoms with Crippen LogP contribution in [0, 0.1) is 23.2 Å². The van der Waals surface area contributed by atoms with Gasteiger partial charge in [-0.15, -0.1) is 0 Å². The van der Waals surface area contributed by atoms with Crippen LogP contribution in [0.25, 0.3) is 0 Å². The molecule has 3 nitrogen and oxygen atoms in total. The van der Waals surface area contributed by atoms with Gasteiger partial charge in [-0.25, -0.2) is 0 Å². The molecule has 4 aliphatic carbocycles. The van der Waals surface area contributed by atoms with Crippen LogP contribution >= 0.6 is 0 Å². The fourth-order valence-electron chi connectivity index (χ4n) is 8.61. The molecular formula is C29H37NO2. The number of ketones is 1. The average molecular weight is 432 g/mol. The molecule has 170 valence electrons. The number of allylic oxidation sites excluding steroid dienone is 4. The second-order valence-corrected chi connectivity index (χ2v) is 11.4. The Balaban J connectivity index is 1.53. The van der Waals surface area contributed by atoms with E-state index in [-0.39, 0.29) is 11.0 Å². The first-order chi connectivity index (χ1) is 15.5. The lowest BCUT2D eigenvalue weighted by molar-refractivity contribution is -0.115. The van der Waals surface area contributed by atoms with Gasteiger partial charge in [-0.1, -0.05) is 31.6 Å². The second-order valence-electron chi connectivity index (χ2n) is 11.4. The third-order valence-corrected chi connectivity index (χ3v) is 10.1.